The second-order valence-corrected chi connectivity index (χ2v) is 5.47. The summed E-state index contributed by atoms with van der Waals surface area (Å²) in [5.74, 6) is 1.70. The molecule has 0 aliphatic carbocycles. The van der Waals surface area contributed by atoms with Crippen molar-refractivity contribution < 1.29 is 9.53 Å². The third-order valence-corrected chi connectivity index (χ3v) is 4.00. The van der Waals surface area contributed by atoms with Gasteiger partial charge >= 0.3 is 0 Å². The van der Waals surface area contributed by atoms with Gasteiger partial charge in [-0.05, 0) is 24.7 Å². The van der Waals surface area contributed by atoms with E-state index in [0.717, 1.165) is 44.3 Å². The lowest BCUT2D eigenvalue weighted by molar-refractivity contribution is -0.146. The number of likely N-dealkylation sites (tertiary alicyclic amines) is 1. The second-order valence-electron chi connectivity index (χ2n) is 5.47. The molecule has 0 bridgehead atoms. The number of carbonyl (C=O) groups excluding carboxylic acids is 1. The highest BCUT2D eigenvalue weighted by Crippen LogP contribution is 2.24. The Bertz CT molecular complexity index is 260. The van der Waals surface area contributed by atoms with E-state index in [1.807, 2.05) is 4.90 Å². The summed E-state index contributed by atoms with van der Waals surface area (Å²) in [7, 11) is 0. The van der Waals surface area contributed by atoms with Crippen LogP contribution in [0.2, 0.25) is 0 Å². The zero-order chi connectivity index (χ0) is 12.3. The number of carbonyl (C=O) groups is 1. The first-order valence-electron chi connectivity index (χ1n) is 6.79. The smallest absolute Gasteiger partial charge is 0.253 e. The van der Waals surface area contributed by atoms with Crippen molar-refractivity contribution in [3.63, 3.8) is 0 Å². The number of amides is 1. The summed E-state index contributed by atoms with van der Waals surface area (Å²) in [5.41, 5.74) is 0. The van der Waals surface area contributed by atoms with Gasteiger partial charge in [-0.25, -0.2) is 0 Å². The van der Waals surface area contributed by atoms with Crippen molar-refractivity contribution in [2.45, 2.75) is 32.8 Å². The van der Waals surface area contributed by atoms with E-state index in [9.17, 15) is 4.79 Å². The third-order valence-electron chi connectivity index (χ3n) is 4.00. The van der Waals surface area contributed by atoms with E-state index >= 15 is 0 Å². The van der Waals surface area contributed by atoms with Gasteiger partial charge in [0.1, 0.15) is 6.10 Å². The van der Waals surface area contributed by atoms with Crippen molar-refractivity contribution in [2.75, 3.05) is 32.8 Å². The highest BCUT2D eigenvalue weighted by atomic mass is 35.5. The van der Waals surface area contributed by atoms with E-state index in [4.69, 9.17) is 4.74 Å². The highest BCUT2D eigenvalue weighted by molar-refractivity contribution is 5.85. The molecule has 0 radical (unpaired) electrons. The molecule has 1 N–H and O–H groups in total. The lowest BCUT2D eigenvalue weighted by Gasteiger charge is -2.36. The predicted octanol–water partition coefficient (Wildman–Crippen LogP) is 1.29. The fraction of sp³-hybridized carbons (Fsp3) is 0.923. The molecule has 0 aromatic heterocycles. The van der Waals surface area contributed by atoms with E-state index in [1.54, 1.807) is 0 Å². The molecule has 5 heteroatoms. The highest BCUT2D eigenvalue weighted by Gasteiger charge is 2.30. The maximum absolute atomic E-state index is 12.2. The Morgan fingerprint density at radius 1 is 1.33 bits per heavy atom. The maximum Gasteiger partial charge on any atom is 0.253 e. The van der Waals surface area contributed by atoms with Crippen molar-refractivity contribution in [1.82, 2.24) is 10.2 Å². The Kier molecular flexibility index (Phi) is 6.39. The summed E-state index contributed by atoms with van der Waals surface area (Å²) >= 11 is 0. The van der Waals surface area contributed by atoms with Crippen molar-refractivity contribution in [2.24, 2.45) is 11.8 Å². The van der Waals surface area contributed by atoms with E-state index in [0.29, 0.717) is 13.2 Å². The summed E-state index contributed by atoms with van der Waals surface area (Å²) in [6.07, 6.45) is 2.03. The average molecular weight is 277 g/mol. The number of halogens is 1. The minimum Gasteiger partial charge on any atom is -0.366 e. The summed E-state index contributed by atoms with van der Waals surface area (Å²) in [6, 6.07) is 0. The minimum atomic E-state index is -0.251. The lowest BCUT2D eigenvalue weighted by atomic mass is 9.86. The van der Waals surface area contributed by atoms with Gasteiger partial charge in [-0.2, -0.15) is 0 Å². The van der Waals surface area contributed by atoms with Crippen molar-refractivity contribution >= 4 is 18.3 Å². The van der Waals surface area contributed by atoms with Gasteiger partial charge in [-0.3, -0.25) is 4.79 Å². The van der Waals surface area contributed by atoms with Crippen LogP contribution >= 0.6 is 12.4 Å². The zero-order valence-corrected chi connectivity index (χ0v) is 12.2. The van der Waals surface area contributed by atoms with Crippen LogP contribution in [-0.4, -0.2) is 49.7 Å². The summed E-state index contributed by atoms with van der Waals surface area (Å²) in [5, 5.41) is 3.21. The number of ether oxygens (including phenoxy) is 1. The van der Waals surface area contributed by atoms with Gasteiger partial charge in [0.25, 0.3) is 5.91 Å². The van der Waals surface area contributed by atoms with Gasteiger partial charge in [0.2, 0.25) is 0 Å². The Hall–Kier alpha value is -0.320. The van der Waals surface area contributed by atoms with Crippen LogP contribution in [0, 0.1) is 11.8 Å². The Labute approximate surface area is 116 Å². The van der Waals surface area contributed by atoms with Crippen molar-refractivity contribution in [3.05, 3.63) is 0 Å². The van der Waals surface area contributed by atoms with Crippen LogP contribution in [0.25, 0.3) is 0 Å². The minimum absolute atomic E-state index is 0. The van der Waals surface area contributed by atoms with Gasteiger partial charge in [0.15, 0.2) is 0 Å². The molecule has 1 atom stereocenters. The standard InChI is InChI=1S/C13H24N2O2.ClH/c1-10(2)11-3-6-15(7-4-11)13(16)12-9-14-5-8-17-12;/h10-12,14H,3-9H2,1-2H3;1H. The van der Waals surface area contributed by atoms with Crippen LogP contribution in [0.3, 0.4) is 0 Å². The number of hydrogen-bond donors (Lipinski definition) is 1. The zero-order valence-electron chi connectivity index (χ0n) is 11.4. The van der Waals surface area contributed by atoms with Crippen LogP contribution in [0.1, 0.15) is 26.7 Å². The molecule has 2 fully saturated rings. The molecule has 4 nitrogen and oxygen atoms in total. The third kappa shape index (κ3) is 3.84. The molecule has 1 unspecified atom stereocenters. The van der Waals surface area contributed by atoms with Gasteiger partial charge in [0.05, 0.1) is 6.61 Å². The molecule has 18 heavy (non-hydrogen) atoms. The quantitative estimate of drug-likeness (QED) is 0.826. The molecule has 0 saturated carbocycles. The topological polar surface area (TPSA) is 41.6 Å². The average Bonchev–Trinajstić information content (AvgIpc) is 2.39. The predicted molar refractivity (Wildman–Crippen MR) is 74.0 cm³/mol. The lowest BCUT2D eigenvalue weighted by Crippen LogP contribution is -2.51. The first kappa shape index (κ1) is 15.7. The van der Waals surface area contributed by atoms with Gasteiger partial charge < -0.3 is 15.0 Å². The molecule has 2 rings (SSSR count). The largest absolute Gasteiger partial charge is 0.366 e. The van der Waals surface area contributed by atoms with Gasteiger partial charge in [-0.1, -0.05) is 13.8 Å². The molecule has 106 valence electrons. The van der Waals surface area contributed by atoms with Crippen LogP contribution in [0.15, 0.2) is 0 Å². The van der Waals surface area contributed by atoms with Crippen LogP contribution in [0.4, 0.5) is 0 Å². The Morgan fingerprint density at radius 2 is 2.00 bits per heavy atom. The summed E-state index contributed by atoms with van der Waals surface area (Å²) in [6.45, 7) is 8.54. The van der Waals surface area contributed by atoms with E-state index in [-0.39, 0.29) is 24.4 Å². The molecule has 1 amide bonds. The van der Waals surface area contributed by atoms with E-state index < -0.39 is 0 Å². The molecule has 0 aromatic carbocycles. The van der Waals surface area contributed by atoms with E-state index in [2.05, 4.69) is 19.2 Å². The monoisotopic (exact) mass is 276 g/mol. The van der Waals surface area contributed by atoms with Crippen molar-refractivity contribution in [1.29, 1.82) is 0 Å². The van der Waals surface area contributed by atoms with Crippen LogP contribution < -0.4 is 5.32 Å². The molecule has 0 spiro atoms. The SMILES string of the molecule is CC(C)C1CCN(C(=O)C2CNCCO2)CC1.Cl. The first-order valence-corrected chi connectivity index (χ1v) is 6.79. The number of nitrogens with one attached hydrogen (secondary N) is 1. The number of nitrogens with zero attached hydrogens (tertiary/aromatic N) is 1. The Morgan fingerprint density at radius 3 is 2.50 bits per heavy atom. The molecular formula is C13H25ClN2O2. The maximum atomic E-state index is 12.2. The first-order chi connectivity index (χ1) is 8.18. The number of piperidine rings is 1. The summed E-state index contributed by atoms with van der Waals surface area (Å²) < 4.78 is 5.51. The molecule has 2 heterocycles. The molecule has 2 aliphatic heterocycles. The van der Waals surface area contributed by atoms with Crippen LogP contribution in [-0.2, 0) is 9.53 Å². The molecule has 2 saturated heterocycles. The summed E-state index contributed by atoms with van der Waals surface area (Å²) in [4.78, 5) is 14.2. The van der Waals surface area contributed by atoms with Crippen LogP contribution in [0.5, 0.6) is 0 Å². The normalized spacial score (nSPS) is 25.9. The fourth-order valence-electron chi connectivity index (χ4n) is 2.71. The van der Waals surface area contributed by atoms with Crippen molar-refractivity contribution in [3.8, 4) is 0 Å². The second kappa shape index (κ2) is 7.31. The molecular weight excluding hydrogens is 252 g/mol. The fourth-order valence-corrected chi connectivity index (χ4v) is 2.71. The number of hydrogen-bond acceptors (Lipinski definition) is 3. The molecule has 2 aliphatic rings. The van der Waals surface area contributed by atoms with E-state index in [1.165, 1.54) is 0 Å². The van der Waals surface area contributed by atoms with Gasteiger partial charge in [-0.15, -0.1) is 12.4 Å². The van der Waals surface area contributed by atoms with Gasteiger partial charge in [0, 0.05) is 26.2 Å². The molecule has 0 aromatic rings. The number of morpholine rings is 1. The number of rotatable bonds is 2. The Balaban J connectivity index is 0.00000162.